The van der Waals surface area contributed by atoms with Gasteiger partial charge in [0, 0.05) is 51.8 Å². The highest BCUT2D eigenvalue weighted by Crippen LogP contribution is 2.11. The summed E-state index contributed by atoms with van der Waals surface area (Å²) in [6.45, 7) is 7.85. The summed E-state index contributed by atoms with van der Waals surface area (Å²) in [5.74, 6) is 0.874. The van der Waals surface area contributed by atoms with Gasteiger partial charge in [-0.2, -0.15) is 0 Å². The van der Waals surface area contributed by atoms with E-state index >= 15 is 0 Å². The third-order valence-electron chi connectivity index (χ3n) is 3.72. The Hall–Kier alpha value is -1.53. The van der Waals surface area contributed by atoms with Crippen LogP contribution in [-0.2, 0) is 16.0 Å². The molecule has 1 aliphatic rings. The maximum absolute atomic E-state index is 5.65. The molecular weight excluding hydrogens is 292 g/mol. The van der Waals surface area contributed by atoms with Gasteiger partial charge in [0.1, 0.15) is 0 Å². The smallest absolute Gasteiger partial charge is 0.191 e. The van der Waals surface area contributed by atoms with Crippen LogP contribution in [0.15, 0.2) is 29.5 Å². The van der Waals surface area contributed by atoms with Crippen molar-refractivity contribution in [3.8, 4) is 0 Å². The van der Waals surface area contributed by atoms with Crippen molar-refractivity contribution in [2.75, 3.05) is 39.5 Å². The molecule has 0 radical (unpaired) electrons. The fraction of sp³-hybridized carbons (Fsp3) is 0.706. The zero-order valence-corrected chi connectivity index (χ0v) is 14.2. The average Bonchev–Trinajstić information content (AvgIpc) is 3.24. The summed E-state index contributed by atoms with van der Waals surface area (Å²) >= 11 is 0. The standard InChI is InChI=1S/C17H30N4O2/c1-2-18-17(20-9-12-21-10-3-4-11-21)19-8-6-13-22-15-16-7-5-14-23-16/h3-4,10-11,16H,2,5-9,12-15H2,1H3,(H2,18,19,20). The predicted molar refractivity (Wildman–Crippen MR) is 92.8 cm³/mol. The van der Waals surface area contributed by atoms with Gasteiger partial charge in [-0.3, -0.25) is 4.99 Å². The Morgan fingerprint density at radius 3 is 2.96 bits per heavy atom. The molecule has 0 saturated carbocycles. The third-order valence-corrected chi connectivity index (χ3v) is 3.72. The van der Waals surface area contributed by atoms with Crippen LogP contribution in [0.1, 0.15) is 26.2 Å². The number of guanidine groups is 1. The molecule has 6 heteroatoms. The summed E-state index contributed by atoms with van der Waals surface area (Å²) in [7, 11) is 0. The number of hydrogen-bond acceptors (Lipinski definition) is 3. The molecule has 1 fully saturated rings. The number of aromatic nitrogens is 1. The molecule has 1 aromatic rings. The molecule has 0 aliphatic carbocycles. The number of ether oxygens (including phenoxy) is 2. The summed E-state index contributed by atoms with van der Waals surface area (Å²) in [4.78, 5) is 4.58. The third kappa shape index (κ3) is 7.52. The molecule has 2 heterocycles. The summed E-state index contributed by atoms with van der Waals surface area (Å²) in [5, 5.41) is 6.62. The lowest BCUT2D eigenvalue weighted by atomic mass is 10.2. The molecule has 6 nitrogen and oxygen atoms in total. The maximum atomic E-state index is 5.65. The largest absolute Gasteiger partial charge is 0.379 e. The Kier molecular flexibility index (Phi) is 8.58. The Bertz CT molecular complexity index is 428. The van der Waals surface area contributed by atoms with Gasteiger partial charge in [-0.1, -0.05) is 0 Å². The van der Waals surface area contributed by atoms with Crippen molar-refractivity contribution in [3.63, 3.8) is 0 Å². The maximum Gasteiger partial charge on any atom is 0.191 e. The van der Waals surface area contributed by atoms with Crippen molar-refractivity contribution in [2.45, 2.75) is 38.8 Å². The quantitative estimate of drug-likeness (QED) is 0.390. The van der Waals surface area contributed by atoms with Crippen molar-refractivity contribution in [2.24, 2.45) is 4.99 Å². The molecule has 0 aromatic carbocycles. The molecular formula is C17H30N4O2. The van der Waals surface area contributed by atoms with Crippen molar-refractivity contribution >= 4 is 5.96 Å². The normalized spacial score (nSPS) is 18.3. The minimum Gasteiger partial charge on any atom is -0.379 e. The van der Waals surface area contributed by atoms with E-state index in [9.17, 15) is 0 Å². The molecule has 0 bridgehead atoms. The summed E-state index contributed by atoms with van der Waals surface area (Å²) in [6.07, 6.45) is 7.67. The average molecular weight is 322 g/mol. The van der Waals surface area contributed by atoms with Gasteiger partial charge < -0.3 is 24.7 Å². The van der Waals surface area contributed by atoms with Crippen molar-refractivity contribution in [1.82, 2.24) is 15.2 Å². The van der Waals surface area contributed by atoms with E-state index in [2.05, 4.69) is 39.5 Å². The van der Waals surface area contributed by atoms with Gasteiger partial charge in [-0.15, -0.1) is 0 Å². The fourth-order valence-electron chi connectivity index (χ4n) is 2.51. The number of rotatable bonds is 10. The van der Waals surface area contributed by atoms with E-state index < -0.39 is 0 Å². The molecule has 1 unspecified atom stereocenters. The van der Waals surface area contributed by atoms with Gasteiger partial charge >= 0.3 is 0 Å². The van der Waals surface area contributed by atoms with Crippen LogP contribution in [0.25, 0.3) is 0 Å². The number of aliphatic imine (C=N–C) groups is 1. The second-order valence-electron chi connectivity index (χ2n) is 5.67. The second kappa shape index (κ2) is 11.1. The van der Waals surface area contributed by atoms with E-state index in [0.717, 1.165) is 64.8 Å². The Labute approximate surface area is 139 Å². The Morgan fingerprint density at radius 1 is 1.35 bits per heavy atom. The van der Waals surface area contributed by atoms with Gasteiger partial charge in [-0.05, 0) is 38.3 Å². The summed E-state index contributed by atoms with van der Waals surface area (Å²) in [5.41, 5.74) is 0. The highest BCUT2D eigenvalue weighted by molar-refractivity contribution is 5.79. The van der Waals surface area contributed by atoms with Gasteiger partial charge in [0.05, 0.1) is 12.7 Å². The molecule has 2 rings (SSSR count). The SMILES string of the molecule is CCNC(=NCCCOCC1CCCO1)NCCn1cccc1. The van der Waals surface area contributed by atoms with Gasteiger partial charge in [0.25, 0.3) is 0 Å². The summed E-state index contributed by atoms with van der Waals surface area (Å²) in [6, 6.07) is 4.08. The van der Waals surface area contributed by atoms with Crippen LogP contribution in [-0.4, -0.2) is 56.1 Å². The molecule has 1 aliphatic heterocycles. The molecule has 130 valence electrons. The number of nitrogens with zero attached hydrogens (tertiary/aromatic N) is 2. The van der Waals surface area contributed by atoms with Crippen LogP contribution in [0.4, 0.5) is 0 Å². The minimum absolute atomic E-state index is 0.311. The van der Waals surface area contributed by atoms with E-state index in [1.807, 2.05) is 12.1 Å². The van der Waals surface area contributed by atoms with E-state index in [1.165, 1.54) is 6.42 Å². The highest BCUT2D eigenvalue weighted by Gasteiger charge is 2.14. The zero-order chi connectivity index (χ0) is 16.2. The second-order valence-corrected chi connectivity index (χ2v) is 5.67. The first-order chi connectivity index (χ1) is 11.4. The first-order valence-electron chi connectivity index (χ1n) is 8.70. The lowest BCUT2D eigenvalue weighted by Crippen LogP contribution is -2.38. The van der Waals surface area contributed by atoms with Crippen LogP contribution in [0.5, 0.6) is 0 Å². The fourth-order valence-corrected chi connectivity index (χ4v) is 2.51. The van der Waals surface area contributed by atoms with Crippen molar-refractivity contribution in [1.29, 1.82) is 0 Å². The van der Waals surface area contributed by atoms with Crippen LogP contribution in [0.2, 0.25) is 0 Å². The van der Waals surface area contributed by atoms with Crippen molar-refractivity contribution in [3.05, 3.63) is 24.5 Å². The molecule has 1 aromatic heterocycles. The van der Waals surface area contributed by atoms with Gasteiger partial charge in [-0.25, -0.2) is 0 Å². The number of nitrogens with one attached hydrogen (secondary N) is 2. The van der Waals surface area contributed by atoms with E-state index in [0.29, 0.717) is 6.10 Å². The van der Waals surface area contributed by atoms with E-state index in [-0.39, 0.29) is 0 Å². The first kappa shape index (κ1) is 17.8. The van der Waals surface area contributed by atoms with E-state index in [4.69, 9.17) is 9.47 Å². The van der Waals surface area contributed by atoms with Crippen LogP contribution in [0.3, 0.4) is 0 Å². The van der Waals surface area contributed by atoms with Crippen molar-refractivity contribution < 1.29 is 9.47 Å². The lowest BCUT2D eigenvalue weighted by molar-refractivity contribution is 0.0171. The zero-order valence-electron chi connectivity index (χ0n) is 14.2. The molecule has 0 spiro atoms. The van der Waals surface area contributed by atoms with Crippen LogP contribution < -0.4 is 10.6 Å². The molecule has 1 atom stereocenters. The topological polar surface area (TPSA) is 59.8 Å². The monoisotopic (exact) mass is 322 g/mol. The molecule has 1 saturated heterocycles. The van der Waals surface area contributed by atoms with Crippen LogP contribution >= 0.6 is 0 Å². The van der Waals surface area contributed by atoms with Gasteiger partial charge in [0.15, 0.2) is 5.96 Å². The number of hydrogen-bond donors (Lipinski definition) is 2. The van der Waals surface area contributed by atoms with Gasteiger partial charge in [0.2, 0.25) is 0 Å². The first-order valence-corrected chi connectivity index (χ1v) is 8.70. The lowest BCUT2D eigenvalue weighted by Gasteiger charge is -2.12. The molecule has 23 heavy (non-hydrogen) atoms. The van der Waals surface area contributed by atoms with Crippen LogP contribution in [0, 0.1) is 0 Å². The summed E-state index contributed by atoms with van der Waals surface area (Å²) < 4.78 is 13.3. The van der Waals surface area contributed by atoms with E-state index in [1.54, 1.807) is 0 Å². The Morgan fingerprint density at radius 2 is 2.22 bits per heavy atom. The predicted octanol–water partition coefficient (Wildman–Crippen LogP) is 1.63. The minimum atomic E-state index is 0.311. The molecule has 2 N–H and O–H groups in total. The highest BCUT2D eigenvalue weighted by atomic mass is 16.5. The molecule has 0 amide bonds. The Balaban J connectivity index is 1.54.